The van der Waals surface area contributed by atoms with Gasteiger partial charge in [0.05, 0.1) is 0 Å². The molecule has 1 atom stereocenters. The van der Waals surface area contributed by atoms with Gasteiger partial charge in [0, 0.05) is 74.5 Å². The van der Waals surface area contributed by atoms with Crippen molar-refractivity contribution in [2.75, 3.05) is 56.9 Å². The van der Waals surface area contributed by atoms with E-state index < -0.39 is 0 Å². The monoisotopic (exact) mass is 500 g/mol. The van der Waals surface area contributed by atoms with Crippen LogP contribution in [0.5, 0.6) is 0 Å². The Morgan fingerprint density at radius 1 is 0.973 bits per heavy atom. The van der Waals surface area contributed by atoms with Crippen molar-refractivity contribution in [2.45, 2.75) is 45.2 Å². The minimum absolute atomic E-state index is 0.463. The quantitative estimate of drug-likeness (QED) is 0.501. The van der Waals surface area contributed by atoms with E-state index in [0.717, 1.165) is 47.9 Å². The second-order valence-corrected chi connectivity index (χ2v) is 10.6. The predicted molar refractivity (Wildman–Crippen MR) is 152 cm³/mol. The molecular formula is C28H39BN7O. The van der Waals surface area contributed by atoms with Crippen molar-refractivity contribution in [3.63, 3.8) is 0 Å². The van der Waals surface area contributed by atoms with E-state index in [9.17, 15) is 5.02 Å². The van der Waals surface area contributed by atoms with Crippen molar-refractivity contribution in [1.82, 2.24) is 24.7 Å². The van der Waals surface area contributed by atoms with E-state index in [4.69, 9.17) is 4.98 Å². The van der Waals surface area contributed by atoms with Gasteiger partial charge in [-0.2, -0.15) is 4.98 Å². The van der Waals surface area contributed by atoms with Crippen LogP contribution in [0.25, 0.3) is 0 Å². The van der Waals surface area contributed by atoms with Crippen LogP contribution >= 0.6 is 0 Å². The Bertz CT molecular complexity index is 1140. The minimum Gasteiger partial charge on any atom is -0.450 e. The van der Waals surface area contributed by atoms with Gasteiger partial charge in [-0.05, 0) is 57.8 Å². The lowest BCUT2D eigenvalue weighted by atomic mass is 9.83. The van der Waals surface area contributed by atoms with E-state index in [1.807, 2.05) is 38.2 Å². The van der Waals surface area contributed by atoms with Crippen LogP contribution in [-0.4, -0.2) is 95.6 Å². The summed E-state index contributed by atoms with van der Waals surface area (Å²) in [4.78, 5) is 17.0. The number of anilines is 3. The normalized spacial score (nSPS) is 22.1. The number of hydrogen-bond acceptors (Lipinski definition) is 8. The van der Waals surface area contributed by atoms with Crippen LogP contribution in [0.15, 0.2) is 48.3 Å². The molecule has 0 saturated carbocycles. The van der Waals surface area contributed by atoms with Crippen LogP contribution in [0, 0.1) is 13.8 Å². The van der Waals surface area contributed by atoms with E-state index >= 15 is 0 Å². The molecule has 0 amide bonds. The molecule has 3 heterocycles. The van der Waals surface area contributed by atoms with Crippen molar-refractivity contribution < 1.29 is 5.02 Å². The summed E-state index contributed by atoms with van der Waals surface area (Å²) in [6, 6.07) is 7.08. The first kappa shape index (κ1) is 25.9. The number of piperazine rings is 1. The zero-order valence-electron chi connectivity index (χ0n) is 22.3. The number of likely N-dealkylation sites (tertiary alicyclic amines) is 1. The van der Waals surface area contributed by atoms with E-state index in [1.54, 1.807) is 0 Å². The molecule has 8 nitrogen and oxygen atoms in total. The molecule has 2 aromatic rings. The Morgan fingerprint density at radius 3 is 2.46 bits per heavy atom. The maximum absolute atomic E-state index is 9.68. The fraction of sp³-hybridized carbons (Fsp3) is 0.500. The van der Waals surface area contributed by atoms with E-state index in [0.29, 0.717) is 17.8 Å². The molecule has 0 bridgehead atoms. The van der Waals surface area contributed by atoms with Crippen LogP contribution in [0.3, 0.4) is 0 Å². The Hall–Kier alpha value is -2.72. The number of aromatic nitrogens is 2. The maximum atomic E-state index is 9.68. The van der Waals surface area contributed by atoms with E-state index in [-0.39, 0.29) is 0 Å². The second kappa shape index (κ2) is 11.8. The van der Waals surface area contributed by atoms with Gasteiger partial charge in [0.2, 0.25) is 5.95 Å². The van der Waals surface area contributed by atoms with Crippen molar-refractivity contribution in [3.8, 4) is 0 Å². The first-order chi connectivity index (χ1) is 18.0. The Morgan fingerprint density at radius 2 is 1.76 bits per heavy atom. The zero-order chi connectivity index (χ0) is 25.8. The number of benzene rings is 1. The van der Waals surface area contributed by atoms with Crippen molar-refractivity contribution in [1.29, 1.82) is 0 Å². The third kappa shape index (κ3) is 6.23. The van der Waals surface area contributed by atoms with E-state index in [1.165, 1.54) is 52.1 Å². The Kier molecular flexibility index (Phi) is 8.25. The van der Waals surface area contributed by atoms with Crippen LogP contribution in [-0.2, 0) is 0 Å². The van der Waals surface area contributed by atoms with Gasteiger partial charge < -0.3 is 20.6 Å². The fourth-order valence-electron chi connectivity index (χ4n) is 5.59. The number of nitrogens with zero attached hydrogens (tertiary/aromatic N) is 5. The average molecular weight is 500 g/mol. The molecule has 2 fully saturated rings. The summed E-state index contributed by atoms with van der Waals surface area (Å²) in [6.45, 7) is 11.1. The van der Waals surface area contributed by atoms with Gasteiger partial charge in [-0.3, -0.25) is 9.80 Å². The summed E-state index contributed by atoms with van der Waals surface area (Å²) in [5.41, 5.74) is 4.52. The minimum atomic E-state index is 0.463. The number of piperidine rings is 1. The summed E-state index contributed by atoms with van der Waals surface area (Å²) < 4.78 is 0. The first-order valence-corrected chi connectivity index (χ1v) is 13.5. The van der Waals surface area contributed by atoms with E-state index in [2.05, 4.69) is 55.6 Å². The summed E-state index contributed by atoms with van der Waals surface area (Å²) >= 11 is 0. The first-order valence-electron chi connectivity index (χ1n) is 13.5. The lowest BCUT2D eigenvalue weighted by molar-refractivity contribution is 0.0605. The molecule has 1 aromatic carbocycles. The Labute approximate surface area is 221 Å². The molecule has 1 unspecified atom stereocenters. The summed E-state index contributed by atoms with van der Waals surface area (Å²) in [5.74, 6) is 1.27. The second-order valence-electron chi connectivity index (χ2n) is 10.6. The smallest absolute Gasteiger partial charge is 0.329 e. The van der Waals surface area contributed by atoms with Crippen LogP contribution < -0.4 is 16.1 Å². The van der Waals surface area contributed by atoms with Crippen LogP contribution in [0.4, 0.5) is 17.5 Å². The molecule has 2 aliphatic heterocycles. The molecule has 9 heteroatoms. The number of allylic oxidation sites excluding steroid dienone is 1. The third-order valence-corrected chi connectivity index (χ3v) is 8.03. The molecule has 1 aromatic heterocycles. The highest BCUT2D eigenvalue weighted by molar-refractivity contribution is 6.49. The molecule has 2 saturated heterocycles. The highest BCUT2D eigenvalue weighted by Crippen LogP contribution is 2.25. The molecule has 3 N–H and O–H groups in total. The molecule has 0 spiro atoms. The lowest BCUT2D eigenvalue weighted by Gasteiger charge is -2.43. The molecule has 5 rings (SSSR count). The lowest BCUT2D eigenvalue weighted by Crippen LogP contribution is -2.53. The van der Waals surface area contributed by atoms with Gasteiger partial charge in [0.1, 0.15) is 5.82 Å². The summed E-state index contributed by atoms with van der Waals surface area (Å²) in [6.07, 6.45) is 12.1. The summed E-state index contributed by atoms with van der Waals surface area (Å²) in [7, 11) is 3.36. The van der Waals surface area contributed by atoms with Crippen LogP contribution in [0.1, 0.15) is 30.4 Å². The molecule has 3 aliphatic rings. The number of hydrogen-bond donors (Lipinski definition) is 3. The highest BCUT2D eigenvalue weighted by Gasteiger charge is 2.29. The topological polar surface area (TPSA) is 79.8 Å². The molecule has 195 valence electrons. The van der Waals surface area contributed by atoms with Gasteiger partial charge in [-0.1, -0.05) is 29.8 Å². The van der Waals surface area contributed by atoms with Gasteiger partial charge in [0.15, 0.2) is 0 Å². The molecule has 37 heavy (non-hydrogen) atoms. The van der Waals surface area contributed by atoms with Gasteiger partial charge >= 0.3 is 7.48 Å². The fourth-order valence-corrected chi connectivity index (χ4v) is 5.59. The maximum Gasteiger partial charge on any atom is 0.329 e. The number of nitrogens with one attached hydrogen (secondary N) is 2. The highest BCUT2D eigenvalue weighted by atomic mass is 16.2. The standard InChI is InChI=1S/C28H39BN7O/c1-20-5-4-6-25(26(20)29-37)32-27-21(2)19-30-28(33-27)31-22-7-9-23(10-8-22)35-13-11-24(12-14-35)36-17-15-34(3)16-18-36/h4-9,19,23-24,37H,10-18H2,1-3H3,(H2,30,31,32,33). The van der Waals surface area contributed by atoms with Crippen LogP contribution in [0.2, 0.25) is 0 Å². The zero-order valence-corrected chi connectivity index (χ0v) is 22.3. The third-order valence-electron chi connectivity index (χ3n) is 8.03. The number of aryl methyl sites for hydroxylation is 2. The SMILES string of the molecule is Cc1cnc(NC2=CCC(N3CCC(N4CCN(C)CC4)CC3)C=C2)nc1Nc1cccc(C)c1[B]O. The molecule has 1 aliphatic carbocycles. The van der Waals surface area contributed by atoms with Crippen molar-refractivity contribution >= 4 is 30.4 Å². The number of likely N-dealkylation sites (N-methyl/N-ethyl adjacent to an activating group) is 1. The molecular weight excluding hydrogens is 461 g/mol. The van der Waals surface area contributed by atoms with Gasteiger partial charge in [0.25, 0.3) is 0 Å². The number of rotatable bonds is 7. The van der Waals surface area contributed by atoms with Gasteiger partial charge in [-0.15, -0.1) is 0 Å². The molecule has 1 radical (unpaired) electrons. The predicted octanol–water partition coefficient (Wildman–Crippen LogP) is 2.41. The summed E-state index contributed by atoms with van der Waals surface area (Å²) in [5, 5.41) is 16.4. The van der Waals surface area contributed by atoms with Crippen molar-refractivity contribution in [2.24, 2.45) is 0 Å². The Balaban J connectivity index is 1.15. The largest absolute Gasteiger partial charge is 0.450 e. The van der Waals surface area contributed by atoms with Gasteiger partial charge in [-0.25, -0.2) is 4.98 Å². The van der Waals surface area contributed by atoms with Crippen molar-refractivity contribution in [3.05, 3.63) is 59.4 Å². The average Bonchev–Trinajstić information content (AvgIpc) is 2.92.